The molecule has 0 saturated carbocycles. The summed E-state index contributed by atoms with van der Waals surface area (Å²) < 4.78 is 5.67. The molecule has 3 amide bonds. The topological polar surface area (TPSA) is 166 Å². The average molecular weight is 527 g/mol. The lowest BCUT2D eigenvalue weighted by Crippen LogP contribution is -2.52. The van der Waals surface area contributed by atoms with Crippen LogP contribution in [-0.4, -0.2) is 67.5 Å². The van der Waals surface area contributed by atoms with Gasteiger partial charge < -0.3 is 37.5 Å². The maximum Gasteiger partial charge on any atom is 0.246 e. The van der Waals surface area contributed by atoms with Crippen LogP contribution >= 0.6 is 0 Å². The Balaban J connectivity index is 2.05. The Bertz CT molecular complexity index is 981. The Labute approximate surface area is 225 Å². The fourth-order valence-corrected chi connectivity index (χ4v) is 3.78. The van der Waals surface area contributed by atoms with Gasteiger partial charge in [0.15, 0.2) is 0 Å². The second kappa shape index (κ2) is 17.1. The number of ether oxygens (including phenoxy) is 1. The predicted molar refractivity (Wildman–Crippen MR) is 149 cm³/mol. The van der Waals surface area contributed by atoms with Crippen molar-refractivity contribution in [3.8, 4) is 5.75 Å². The van der Waals surface area contributed by atoms with Gasteiger partial charge in [-0.05, 0) is 49.1 Å². The maximum atomic E-state index is 13.2. The summed E-state index contributed by atoms with van der Waals surface area (Å²) in [5.41, 5.74) is 18.8. The predicted octanol–water partition coefficient (Wildman–Crippen LogP) is 1.39. The molecule has 2 aromatic rings. The maximum absolute atomic E-state index is 13.2. The molecular formula is C28H42N6O4. The number of anilines is 1. The minimum absolute atomic E-state index is 0.210. The third-order valence-corrected chi connectivity index (χ3v) is 5.97. The average Bonchev–Trinajstić information content (AvgIpc) is 2.92. The smallest absolute Gasteiger partial charge is 0.246 e. The van der Waals surface area contributed by atoms with Crippen LogP contribution in [0.3, 0.4) is 0 Å². The lowest BCUT2D eigenvalue weighted by molar-refractivity contribution is -0.134. The van der Waals surface area contributed by atoms with E-state index < -0.39 is 18.0 Å². The third-order valence-electron chi connectivity index (χ3n) is 5.97. The molecule has 208 valence electrons. The summed E-state index contributed by atoms with van der Waals surface area (Å²) in [6, 6.07) is 14.8. The summed E-state index contributed by atoms with van der Waals surface area (Å²) >= 11 is 0. The van der Waals surface area contributed by atoms with Crippen molar-refractivity contribution in [3.05, 3.63) is 60.2 Å². The number of benzene rings is 2. The zero-order valence-corrected chi connectivity index (χ0v) is 22.2. The van der Waals surface area contributed by atoms with Crippen molar-refractivity contribution < 1.29 is 19.1 Å². The van der Waals surface area contributed by atoms with E-state index in [1.54, 1.807) is 24.3 Å². The Morgan fingerprint density at radius 2 is 1.61 bits per heavy atom. The second-order valence-electron chi connectivity index (χ2n) is 9.07. The lowest BCUT2D eigenvalue weighted by atomic mass is 10.0. The summed E-state index contributed by atoms with van der Waals surface area (Å²) in [6.45, 7) is 3.94. The van der Waals surface area contributed by atoms with Gasteiger partial charge in [-0.3, -0.25) is 14.4 Å². The van der Waals surface area contributed by atoms with Crippen LogP contribution in [0.4, 0.5) is 5.69 Å². The van der Waals surface area contributed by atoms with E-state index in [4.69, 9.17) is 21.9 Å². The van der Waals surface area contributed by atoms with E-state index in [0.717, 1.165) is 24.2 Å². The molecule has 2 rings (SSSR count). The SMILES string of the molecule is CCCCOc1ccc(NC(=O)C(CCc2ccccc2)NC(=O)C(N)CC(=O)N(CCN)CCN)cc1. The standard InChI is InChI=1S/C28H42N6O4/c1-2-3-19-38-23-12-10-22(11-13-23)32-28(37)25(14-9-21-7-5-4-6-8-21)33-27(36)24(31)20-26(35)34(17-15-29)18-16-30/h4-8,10-13,24-25H,2-3,9,14-20,29-31H2,1H3,(H,32,37)(H,33,36). The summed E-state index contributed by atoms with van der Waals surface area (Å²) in [4.78, 5) is 40.2. The van der Waals surface area contributed by atoms with Gasteiger partial charge in [0.25, 0.3) is 0 Å². The van der Waals surface area contributed by atoms with Gasteiger partial charge in [0.2, 0.25) is 17.7 Å². The van der Waals surface area contributed by atoms with Crippen LogP contribution in [0.1, 0.15) is 38.2 Å². The Kier molecular flexibility index (Phi) is 13.9. The van der Waals surface area contributed by atoms with Gasteiger partial charge >= 0.3 is 0 Å². The number of hydrogen-bond acceptors (Lipinski definition) is 7. The molecular weight excluding hydrogens is 484 g/mol. The molecule has 2 aromatic carbocycles. The number of unbranched alkanes of at least 4 members (excludes halogenated alkanes) is 1. The number of carbonyl (C=O) groups is 3. The normalized spacial score (nSPS) is 12.3. The zero-order valence-electron chi connectivity index (χ0n) is 22.2. The molecule has 0 aromatic heterocycles. The van der Waals surface area contributed by atoms with E-state index >= 15 is 0 Å². The minimum Gasteiger partial charge on any atom is -0.494 e. The number of aryl methyl sites for hydroxylation is 1. The molecule has 38 heavy (non-hydrogen) atoms. The number of nitrogens with one attached hydrogen (secondary N) is 2. The highest BCUT2D eigenvalue weighted by Crippen LogP contribution is 2.17. The Morgan fingerprint density at radius 3 is 2.21 bits per heavy atom. The monoisotopic (exact) mass is 526 g/mol. The van der Waals surface area contributed by atoms with Crippen molar-refractivity contribution in [1.82, 2.24) is 10.2 Å². The molecule has 0 fully saturated rings. The van der Waals surface area contributed by atoms with Gasteiger partial charge in [-0.1, -0.05) is 43.7 Å². The first-order chi connectivity index (χ1) is 18.4. The summed E-state index contributed by atoms with van der Waals surface area (Å²) in [7, 11) is 0. The van der Waals surface area contributed by atoms with Gasteiger partial charge in [0.05, 0.1) is 19.1 Å². The van der Waals surface area contributed by atoms with Crippen LogP contribution in [-0.2, 0) is 20.8 Å². The molecule has 0 heterocycles. The number of rotatable bonds is 17. The van der Waals surface area contributed by atoms with Gasteiger partial charge in [-0.15, -0.1) is 0 Å². The molecule has 0 spiro atoms. The zero-order chi connectivity index (χ0) is 27.8. The molecule has 10 heteroatoms. The van der Waals surface area contributed by atoms with Gasteiger partial charge in [-0.2, -0.15) is 0 Å². The summed E-state index contributed by atoms with van der Waals surface area (Å²) in [6.07, 6.45) is 2.72. The Morgan fingerprint density at radius 1 is 0.947 bits per heavy atom. The van der Waals surface area contributed by atoms with E-state index in [9.17, 15) is 14.4 Å². The first-order valence-electron chi connectivity index (χ1n) is 13.2. The van der Waals surface area contributed by atoms with E-state index in [-0.39, 0.29) is 31.3 Å². The molecule has 8 N–H and O–H groups in total. The van der Waals surface area contributed by atoms with E-state index in [0.29, 0.717) is 38.2 Å². The van der Waals surface area contributed by atoms with E-state index in [1.807, 2.05) is 30.3 Å². The van der Waals surface area contributed by atoms with Crippen LogP contribution in [0.25, 0.3) is 0 Å². The highest BCUT2D eigenvalue weighted by atomic mass is 16.5. The number of hydrogen-bond donors (Lipinski definition) is 5. The van der Waals surface area contributed by atoms with Crippen LogP contribution in [0, 0.1) is 0 Å². The van der Waals surface area contributed by atoms with Crippen LogP contribution in [0.5, 0.6) is 5.75 Å². The molecule has 0 aliphatic heterocycles. The number of amides is 3. The molecule has 10 nitrogen and oxygen atoms in total. The van der Waals surface area contributed by atoms with Crippen LogP contribution < -0.4 is 32.6 Å². The highest BCUT2D eigenvalue weighted by molar-refractivity contribution is 5.98. The molecule has 0 bridgehead atoms. The molecule has 2 atom stereocenters. The molecule has 2 unspecified atom stereocenters. The molecule has 0 radical (unpaired) electrons. The quantitative estimate of drug-likeness (QED) is 0.194. The highest BCUT2D eigenvalue weighted by Gasteiger charge is 2.26. The van der Waals surface area contributed by atoms with Crippen LogP contribution in [0.15, 0.2) is 54.6 Å². The Hall–Kier alpha value is -3.47. The van der Waals surface area contributed by atoms with Crippen molar-refractivity contribution in [2.75, 3.05) is 38.1 Å². The van der Waals surface area contributed by atoms with Crippen LogP contribution in [0.2, 0.25) is 0 Å². The van der Waals surface area contributed by atoms with Gasteiger partial charge in [0, 0.05) is 31.9 Å². The van der Waals surface area contributed by atoms with Crippen molar-refractivity contribution in [3.63, 3.8) is 0 Å². The lowest BCUT2D eigenvalue weighted by Gasteiger charge is -2.24. The largest absolute Gasteiger partial charge is 0.494 e. The number of nitrogens with zero attached hydrogens (tertiary/aromatic N) is 1. The number of carbonyl (C=O) groups excluding carboxylic acids is 3. The molecule has 0 aliphatic rings. The first-order valence-corrected chi connectivity index (χ1v) is 13.2. The van der Waals surface area contributed by atoms with Gasteiger partial charge in [0.1, 0.15) is 11.8 Å². The fourth-order valence-electron chi connectivity index (χ4n) is 3.78. The van der Waals surface area contributed by atoms with E-state index in [2.05, 4.69) is 17.6 Å². The number of nitrogens with two attached hydrogens (primary N) is 3. The van der Waals surface area contributed by atoms with Crippen molar-refractivity contribution >= 4 is 23.4 Å². The fraction of sp³-hybridized carbons (Fsp3) is 0.464. The summed E-state index contributed by atoms with van der Waals surface area (Å²) in [5.74, 6) is -0.540. The van der Waals surface area contributed by atoms with Gasteiger partial charge in [-0.25, -0.2) is 0 Å². The third kappa shape index (κ3) is 10.9. The second-order valence-corrected chi connectivity index (χ2v) is 9.07. The van der Waals surface area contributed by atoms with E-state index in [1.165, 1.54) is 4.90 Å². The van der Waals surface area contributed by atoms with Crippen molar-refractivity contribution in [1.29, 1.82) is 0 Å². The minimum atomic E-state index is -1.12. The first kappa shape index (κ1) is 30.8. The molecule has 0 saturated heterocycles. The van der Waals surface area contributed by atoms with Crippen molar-refractivity contribution in [2.45, 2.75) is 51.1 Å². The van der Waals surface area contributed by atoms with Crippen molar-refractivity contribution in [2.24, 2.45) is 17.2 Å². The molecule has 0 aliphatic carbocycles. The summed E-state index contributed by atoms with van der Waals surface area (Å²) in [5, 5.41) is 5.60.